The van der Waals surface area contributed by atoms with Crippen molar-refractivity contribution < 1.29 is 13.6 Å². The number of anilines is 1. The van der Waals surface area contributed by atoms with Crippen molar-refractivity contribution in [3.05, 3.63) is 93.8 Å². The zero-order chi connectivity index (χ0) is 20.7. The average molecular weight is 417 g/mol. The van der Waals surface area contributed by atoms with Gasteiger partial charge in [0.25, 0.3) is 5.91 Å². The Balaban J connectivity index is 1.46. The van der Waals surface area contributed by atoms with E-state index in [0.29, 0.717) is 38.7 Å². The molecule has 2 heterocycles. The Hall–Kier alpha value is -3.90. The number of carbonyl (C=O) groups excluding carboxylic acids is 1. The Morgan fingerprint density at radius 1 is 0.900 bits per heavy atom. The summed E-state index contributed by atoms with van der Waals surface area (Å²) >= 11 is 6.03. The van der Waals surface area contributed by atoms with Crippen LogP contribution in [0.25, 0.3) is 33.5 Å². The molecular weight excluding hydrogens is 404 g/mol. The summed E-state index contributed by atoms with van der Waals surface area (Å²) in [6.45, 7) is 0. The molecule has 0 aliphatic carbocycles. The van der Waals surface area contributed by atoms with Crippen molar-refractivity contribution in [1.29, 1.82) is 0 Å². The van der Waals surface area contributed by atoms with Crippen molar-refractivity contribution in [2.24, 2.45) is 0 Å². The summed E-state index contributed by atoms with van der Waals surface area (Å²) in [6, 6.07) is 20.8. The maximum absolute atomic E-state index is 12.6. The Morgan fingerprint density at radius 2 is 1.77 bits per heavy atom. The van der Waals surface area contributed by atoms with Gasteiger partial charge in [0.1, 0.15) is 16.7 Å². The minimum atomic E-state index is -0.697. The topological polar surface area (TPSA) is 85.3 Å². The highest BCUT2D eigenvalue weighted by molar-refractivity contribution is 6.30. The van der Waals surface area contributed by atoms with Gasteiger partial charge in [0, 0.05) is 21.7 Å². The number of carbonyl (C=O) groups is 1. The van der Waals surface area contributed by atoms with E-state index in [-0.39, 0.29) is 5.56 Å². The first-order chi connectivity index (χ1) is 14.6. The predicted molar refractivity (Wildman–Crippen MR) is 115 cm³/mol. The molecule has 146 valence electrons. The van der Waals surface area contributed by atoms with Gasteiger partial charge in [-0.15, -0.1) is 0 Å². The van der Waals surface area contributed by atoms with Crippen LogP contribution in [-0.2, 0) is 0 Å². The molecule has 0 bridgehead atoms. The first-order valence-corrected chi connectivity index (χ1v) is 9.45. The molecule has 0 aliphatic rings. The maximum atomic E-state index is 12.6. The third kappa shape index (κ3) is 3.33. The van der Waals surface area contributed by atoms with E-state index in [1.807, 2.05) is 12.1 Å². The minimum Gasteiger partial charge on any atom is -0.436 e. The van der Waals surface area contributed by atoms with Crippen molar-refractivity contribution in [1.82, 2.24) is 4.98 Å². The Kier molecular flexibility index (Phi) is 4.34. The predicted octanol–water partition coefficient (Wildman–Crippen LogP) is 5.51. The molecule has 0 saturated heterocycles. The number of benzene rings is 3. The highest BCUT2D eigenvalue weighted by Gasteiger charge is 2.15. The molecule has 0 radical (unpaired) electrons. The number of nitrogens with one attached hydrogen (secondary N) is 1. The monoisotopic (exact) mass is 416 g/mol. The molecule has 30 heavy (non-hydrogen) atoms. The molecule has 0 saturated carbocycles. The average Bonchev–Trinajstić information content (AvgIpc) is 3.16. The number of amides is 1. The van der Waals surface area contributed by atoms with Gasteiger partial charge in [-0.05, 0) is 48.5 Å². The first kappa shape index (κ1) is 18.1. The standard InChI is InChI=1S/C23H13ClN2O4/c24-15-6-3-5-14(10-15)22-26-18-12-16(8-9-20(18)29-22)25-21(27)17-11-13-4-1-2-7-19(13)30-23(17)28/h1-12H,(H,25,27). The molecule has 6 nitrogen and oxygen atoms in total. The summed E-state index contributed by atoms with van der Waals surface area (Å²) in [7, 11) is 0. The zero-order valence-electron chi connectivity index (χ0n) is 15.4. The molecule has 5 rings (SSSR count). The summed E-state index contributed by atoms with van der Waals surface area (Å²) in [6.07, 6.45) is 0. The van der Waals surface area contributed by atoms with Crippen molar-refractivity contribution in [3.63, 3.8) is 0 Å². The van der Waals surface area contributed by atoms with Crippen LogP contribution in [0.15, 0.2) is 86.4 Å². The van der Waals surface area contributed by atoms with Crippen LogP contribution >= 0.6 is 11.6 Å². The molecule has 5 aromatic rings. The number of hydrogen-bond acceptors (Lipinski definition) is 5. The Labute approximate surface area is 174 Å². The lowest BCUT2D eigenvalue weighted by Gasteiger charge is -2.05. The highest BCUT2D eigenvalue weighted by atomic mass is 35.5. The number of halogens is 1. The summed E-state index contributed by atoms with van der Waals surface area (Å²) < 4.78 is 11.0. The van der Waals surface area contributed by atoms with Gasteiger partial charge >= 0.3 is 5.63 Å². The molecule has 0 aliphatic heterocycles. The molecule has 0 atom stereocenters. The molecule has 7 heteroatoms. The smallest absolute Gasteiger partial charge is 0.349 e. The van der Waals surface area contributed by atoms with Gasteiger partial charge in [0.15, 0.2) is 5.58 Å². The van der Waals surface area contributed by atoms with Gasteiger partial charge < -0.3 is 14.2 Å². The third-order valence-corrected chi connectivity index (χ3v) is 4.84. The van der Waals surface area contributed by atoms with Crippen LogP contribution in [0.3, 0.4) is 0 Å². The van der Waals surface area contributed by atoms with E-state index >= 15 is 0 Å². The molecule has 2 aromatic heterocycles. The van der Waals surface area contributed by atoms with Crippen LogP contribution in [0.5, 0.6) is 0 Å². The minimum absolute atomic E-state index is 0.0754. The largest absolute Gasteiger partial charge is 0.436 e. The molecular formula is C23H13ClN2O4. The van der Waals surface area contributed by atoms with Gasteiger partial charge in [-0.25, -0.2) is 9.78 Å². The van der Waals surface area contributed by atoms with Crippen molar-refractivity contribution in [2.75, 3.05) is 5.32 Å². The summed E-state index contributed by atoms with van der Waals surface area (Å²) in [5.74, 6) is -0.140. The quantitative estimate of drug-likeness (QED) is 0.392. The lowest BCUT2D eigenvalue weighted by Crippen LogP contribution is -2.20. The van der Waals surface area contributed by atoms with E-state index in [0.717, 1.165) is 5.56 Å². The lowest BCUT2D eigenvalue weighted by molar-refractivity contribution is 0.102. The number of hydrogen-bond donors (Lipinski definition) is 1. The second-order valence-corrected chi connectivity index (χ2v) is 7.09. The number of para-hydroxylation sites is 1. The Bertz CT molecular complexity index is 1490. The fourth-order valence-corrected chi connectivity index (χ4v) is 3.36. The second-order valence-electron chi connectivity index (χ2n) is 6.65. The molecule has 0 spiro atoms. The molecule has 1 amide bonds. The number of fused-ring (bicyclic) bond motifs is 2. The second kappa shape index (κ2) is 7.17. The number of rotatable bonds is 3. The summed E-state index contributed by atoms with van der Waals surface area (Å²) in [5.41, 5.74) is 2.01. The van der Waals surface area contributed by atoms with Crippen LogP contribution < -0.4 is 10.9 Å². The molecule has 0 unspecified atom stereocenters. The fraction of sp³-hybridized carbons (Fsp3) is 0. The van der Waals surface area contributed by atoms with Crippen molar-refractivity contribution >= 4 is 45.3 Å². The van der Waals surface area contributed by atoms with E-state index in [2.05, 4.69) is 10.3 Å². The highest BCUT2D eigenvalue weighted by Crippen LogP contribution is 2.28. The number of oxazole rings is 1. The van der Waals surface area contributed by atoms with Gasteiger partial charge in [0.2, 0.25) is 5.89 Å². The van der Waals surface area contributed by atoms with Gasteiger partial charge in [0.05, 0.1) is 0 Å². The molecule has 3 aromatic carbocycles. The van der Waals surface area contributed by atoms with Crippen LogP contribution in [0.4, 0.5) is 5.69 Å². The van der Waals surface area contributed by atoms with Crippen LogP contribution in [-0.4, -0.2) is 10.9 Å². The van der Waals surface area contributed by atoms with Crippen molar-refractivity contribution in [3.8, 4) is 11.5 Å². The SMILES string of the molecule is O=C(Nc1ccc2oc(-c3cccc(Cl)c3)nc2c1)c1cc2ccccc2oc1=O. The van der Waals surface area contributed by atoms with Gasteiger partial charge in [-0.2, -0.15) is 0 Å². The summed E-state index contributed by atoms with van der Waals surface area (Å²) in [5, 5.41) is 3.96. The van der Waals surface area contributed by atoms with E-state index in [1.165, 1.54) is 6.07 Å². The number of nitrogens with zero attached hydrogens (tertiary/aromatic N) is 1. The van der Waals surface area contributed by atoms with Crippen LogP contribution in [0, 0.1) is 0 Å². The lowest BCUT2D eigenvalue weighted by atomic mass is 10.1. The zero-order valence-corrected chi connectivity index (χ0v) is 16.1. The van der Waals surface area contributed by atoms with Crippen LogP contribution in [0.2, 0.25) is 5.02 Å². The normalized spacial score (nSPS) is 11.1. The number of aromatic nitrogens is 1. The van der Waals surface area contributed by atoms with Crippen LogP contribution in [0.1, 0.15) is 10.4 Å². The van der Waals surface area contributed by atoms with E-state index in [4.69, 9.17) is 20.4 Å². The van der Waals surface area contributed by atoms with Gasteiger partial charge in [-0.1, -0.05) is 35.9 Å². The third-order valence-electron chi connectivity index (χ3n) is 4.60. The summed E-state index contributed by atoms with van der Waals surface area (Å²) in [4.78, 5) is 29.3. The molecule has 1 N–H and O–H groups in total. The fourth-order valence-electron chi connectivity index (χ4n) is 3.17. The maximum Gasteiger partial charge on any atom is 0.349 e. The molecule has 0 fully saturated rings. The van der Waals surface area contributed by atoms with Crippen molar-refractivity contribution in [2.45, 2.75) is 0 Å². The van der Waals surface area contributed by atoms with Gasteiger partial charge in [-0.3, -0.25) is 4.79 Å². The Morgan fingerprint density at radius 3 is 2.63 bits per heavy atom. The first-order valence-electron chi connectivity index (χ1n) is 9.08. The van der Waals surface area contributed by atoms with E-state index in [1.54, 1.807) is 54.6 Å². The van der Waals surface area contributed by atoms with E-state index in [9.17, 15) is 9.59 Å². The van der Waals surface area contributed by atoms with E-state index < -0.39 is 11.5 Å².